The number of hydrogen-bond acceptors (Lipinski definition) is 3. The molecule has 1 aliphatic rings. The minimum atomic E-state index is -3.29. The maximum absolute atomic E-state index is 12.0. The molecule has 2 rings (SSSR count). The first-order chi connectivity index (χ1) is 9.03. The molecule has 1 fully saturated rings. The summed E-state index contributed by atoms with van der Waals surface area (Å²) in [7, 11) is -3.29. The first kappa shape index (κ1) is 15.1. The fraction of sp³-hybridized carbons (Fsp3) is 0.500. The van der Waals surface area contributed by atoms with Gasteiger partial charge in [0.2, 0.25) is 10.0 Å². The highest BCUT2D eigenvalue weighted by Crippen LogP contribution is 2.25. The van der Waals surface area contributed by atoms with Gasteiger partial charge in [0, 0.05) is 24.0 Å². The summed E-state index contributed by atoms with van der Waals surface area (Å²) in [5.74, 6) is 0.0627. The van der Waals surface area contributed by atoms with Crippen LogP contribution in [0.25, 0.3) is 0 Å². The average Bonchev–Trinajstić information content (AvgIpc) is 2.40. The van der Waals surface area contributed by atoms with E-state index in [2.05, 4.69) is 0 Å². The number of benzene rings is 1. The van der Waals surface area contributed by atoms with Gasteiger partial charge in [0.05, 0.1) is 18.5 Å². The predicted octanol–water partition coefficient (Wildman–Crippen LogP) is 2.28. The van der Waals surface area contributed by atoms with Crippen LogP contribution in [0.1, 0.15) is 11.7 Å². The molecule has 1 unspecified atom stereocenters. The number of nitrogens with zero attached hydrogens (tertiary/aromatic N) is 1. The monoisotopic (exact) mass is 323 g/mol. The smallest absolute Gasteiger partial charge is 0.215 e. The van der Waals surface area contributed by atoms with E-state index in [0.29, 0.717) is 24.7 Å². The third kappa shape index (κ3) is 3.83. The minimum Gasteiger partial charge on any atom is -0.371 e. The largest absolute Gasteiger partial charge is 0.371 e. The van der Waals surface area contributed by atoms with Crippen LogP contribution in [0.2, 0.25) is 5.02 Å². The Morgan fingerprint density at radius 1 is 1.32 bits per heavy atom. The van der Waals surface area contributed by atoms with Crippen molar-refractivity contribution in [2.24, 2.45) is 0 Å². The van der Waals surface area contributed by atoms with E-state index in [9.17, 15) is 8.42 Å². The Morgan fingerprint density at radius 2 is 2.00 bits per heavy atom. The predicted molar refractivity (Wildman–Crippen MR) is 76.2 cm³/mol. The Bertz CT molecular complexity index is 518. The Morgan fingerprint density at radius 3 is 2.63 bits per heavy atom. The Kier molecular flexibility index (Phi) is 5.09. The van der Waals surface area contributed by atoms with Crippen LogP contribution >= 0.6 is 23.2 Å². The molecular formula is C12H15Cl2NO3S. The lowest BCUT2D eigenvalue weighted by Gasteiger charge is -2.32. The molecule has 0 amide bonds. The van der Waals surface area contributed by atoms with Crippen LogP contribution in [-0.2, 0) is 14.8 Å². The lowest BCUT2D eigenvalue weighted by Crippen LogP contribution is -2.43. The van der Waals surface area contributed by atoms with E-state index in [-0.39, 0.29) is 17.7 Å². The Hall–Kier alpha value is -0.330. The molecule has 0 N–H and O–H groups in total. The summed E-state index contributed by atoms with van der Waals surface area (Å²) >= 11 is 11.4. The summed E-state index contributed by atoms with van der Waals surface area (Å²) in [5, 5.41) is 0.645. The van der Waals surface area contributed by atoms with Crippen LogP contribution in [0.3, 0.4) is 0 Å². The van der Waals surface area contributed by atoms with Crippen molar-refractivity contribution in [2.45, 2.75) is 6.10 Å². The zero-order valence-corrected chi connectivity index (χ0v) is 12.6. The van der Waals surface area contributed by atoms with Crippen molar-refractivity contribution in [2.75, 3.05) is 31.3 Å². The molecule has 1 heterocycles. The van der Waals surface area contributed by atoms with Gasteiger partial charge in [0.25, 0.3) is 0 Å². The van der Waals surface area contributed by atoms with E-state index in [4.69, 9.17) is 27.9 Å². The van der Waals surface area contributed by atoms with Gasteiger partial charge in [-0.2, -0.15) is 4.31 Å². The molecule has 1 aliphatic heterocycles. The number of hydrogen-bond donors (Lipinski definition) is 0. The minimum absolute atomic E-state index is 0.0398. The molecule has 1 aromatic rings. The van der Waals surface area contributed by atoms with Crippen LogP contribution in [0.5, 0.6) is 0 Å². The van der Waals surface area contributed by atoms with Crippen LogP contribution in [0.4, 0.5) is 0 Å². The van der Waals surface area contributed by atoms with Crippen molar-refractivity contribution in [3.63, 3.8) is 0 Å². The van der Waals surface area contributed by atoms with E-state index < -0.39 is 10.0 Å². The molecule has 0 saturated carbocycles. The van der Waals surface area contributed by atoms with Crippen LogP contribution in [0, 0.1) is 0 Å². The van der Waals surface area contributed by atoms with Crippen LogP contribution in [-0.4, -0.2) is 44.1 Å². The number of rotatable bonds is 4. The number of sulfonamides is 1. The third-order valence-corrected chi connectivity index (χ3v) is 5.50. The zero-order valence-electron chi connectivity index (χ0n) is 10.3. The van der Waals surface area contributed by atoms with Crippen molar-refractivity contribution in [1.82, 2.24) is 4.31 Å². The van der Waals surface area contributed by atoms with Crippen LogP contribution < -0.4 is 0 Å². The van der Waals surface area contributed by atoms with Gasteiger partial charge in [-0.15, -0.1) is 11.6 Å². The highest BCUT2D eigenvalue weighted by molar-refractivity contribution is 7.89. The molecule has 0 spiro atoms. The number of halogens is 2. The second-order valence-electron chi connectivity index (χ2n) is 4.27. The molecule has 0 radical (unpaired) electrons. The van der Waals surface area contributed by atoms with Crippen molar-refractivity contribution in [1.29, 1.82) is 0 Å². The van der Waals surface area contributed by atoms with Gasteiger partial charge in [-0.05, 0) is 17.7 Å². The van der Waals surface area contributed by atoms with E-state index in [0.717, 1.165) is 5.56 Å². The van der Waals surface area contributed by atoms with Crippen molar-refractivity contribution >= 4 is 33.2 Å². The molecule has 1 atom stereocenters. The maximum Gasteiger partial charge on any atom is 0.215 e. The lowest BCUT2D eigenvalue weighted by atomic mass is 10.1. The van der Waals surface area contributed by atoms with Crippen molar-refractivity contribution < 1.29 is 13.2 Å². The van der Waals surface area contributed by atoms with Gasteiger partial charge in [-0.1, -0.05) is 23.7 Å². The number of alkyl halides is 1. The van der Waals surface area contributed by atoms with Crippen molar-refractivity contribution in [3.8, 4) is 0 Å². The average molecular weight is 324 g/mol. The molecule has 0 bridgehead atoms. The summed E-state index contributed by atoms with van der Waals surface area (Å²) < 4.78 is 31.0. The third-order valence-electron chi connectivity index (χ3n) is 3.00. The molecule has 19 heavy (non-hydrogen) atoms. The first-order valence-electron chi connectivity index (χ1n) is 5.94. The lowest BCUT2D eigenvalue weighted by molar-refractivity contribution is -0.00249. The molecule has 4 nitrogen and oxygen atoms in total. The standard InChI is InChI=1S/C12H15Cl2NO3S/c13-5-8-19(16,17)15-6-7-18-12(9-15)10-1-3-11(14)4-2-10/h1-4,12H,5-9H2. The number of ether oxygens (including phenoxy) is 1. The van der Waals surface area contributed by atoms with E-state index in [1.54, 1.807) is 12.1 Å². The summed E-state index contributed by atoms with van der Waals surface area (Å²) in [4.78, 5) is 0. The summed E-state index contributed by atoms with van der Waals surface area (Å²) in [5.41, 5.74) is 0.926. The van der Waals surface area contributed by atoms with Gasteiger partial charge < -0.3 is 4.74 Å². The highest BCUT2D eigenvalue weighted by Gasteiger charge is 2.29. The number of morpholine rings is 1. The van der Waals surface area contributed by atoms with Gasteiger partial charge in [0.15, 0.2) is 0 Å². The van der Waals surface area contributed by atoms with Gasteiger partial charge in [-0.3, -0.25) is 0 Å². The van der Waals surface area contributed by atoms with Crippen LogP contribution in [0.15, 0.2) is 24.3 Å². The summed E-state index contributed by atoms with van der Waals surface area (Å²) in [6, 6.07) is 7.24. The Balaban J connectivity index is 2.11. The summed E-state index contributed by atoms with van der Waals surface area (Å²) in [6.45, 7) is 1.08. The summed E-state index contributed by atoms with van der Waals surface area (Å²) in [6.07, 6.45) is -0.254. The highest BCUT2D eigenvalue weighted by atomic mass is 35.5. The van der Waals surface area contributed by atoms with Gasteiger partial charge in [-0.25, -0.2) is 8.42 Å². The molecule has 0 aliphatic carbocycles. The Labute approximate surface area is 123 Å². The fourth-order valence-corrected chi connectivity index (χ4v) is 3.86. The first-order valence-corrected chi connectivity index (χ1v) is 8.46. The van der Waals surface area contributed by atoms with Gasteiger partial charge >= 0.3 is 0 Å². The fourth-order valence-electron chi connectivity index (χ4n) is 1.98. The van der Waals surface area contributed by atoms with E-state index >= 15 is 0 Å². The molecule has 7 heteroatoms. The molecule has 1 aromatic carbocycles. The molecule has 1 saturated heterocycles. The van der Waals surface area contributed by atoms with E-state index in [1.165, 1.54) is 4.31 Å². The zero-order chi connectivity index (χ0) is 13.9. The maximum atomic E-state index is 12.0. The molecule has 0 aromatic heterocycles. The molecule has 106 valence electrons. The second-order valence-corrected chi connectivity index (χ2v) is 7.18. The van der Waals surface area contributed by atoms with Crippen molar-refractivity contribution in [3.05, 3.63) is 34.9 Å². The van der Waals surface area contributed by atoms with Gasteiger partial charge in [0.1, 0.15) is 0 Å². The quantitative estimate of drug-likeness (QED) is 0.799. The normalized spacial score (nSPS) is 21.5. The van der Waals surface area contributed by atoms with E-state index in [1.807, 2.05) is 12.1 Å². The molecular weight excluding hydrogens is 309 g/mol. The SMILES string of the molecule is O=S(=O)(CCCl)N1CCOC(c2ccc(Cl)cc2)C1. The second kappa shape index (κ2) is 6.41. The topological polar surface area (TPSA) is 46.6 Å².